The predicted molar refractivity (Wildman–Crippen MR) is 64.8 cm³/mol. The molecule has 0 fully saturated rings. The number of anilines is 1. The van der Waals surface area contributed by atoms with E-state index in [1.54, 1.807) is 5.32 Å². The van der Waals surface area contributed by atoms with Gasteiger partial charge in [-0.25, -0.2) is 22.0 Å². The third-order valence-corrected chi connectivity index (χ3v) is 2.79. The van der Waals surface area contributed by atoms with Crippen molar-refractivity contribution in [1.82, 2.24) is 9.78 Å². The van der Waals surface area contributed by atoms with Gasteiger partial charge in [-0.1, -0.05) is 0 Å². The Balaban J connectivity index is 2.25. The summed E-state index contributed by atoms with van der Waals surface area (Å²) in [6, 6.07) is 0. The van der Waals surface area contributed by atoms with Crippen molar-refractivity contribution in [3.05, 3.63) is 46.0 Å². The molecule has 0 saturated heterocycles. The van der Waals surface area contributed by atoms with E-state index in [-0.39, 0.29) is 0 Å². The highest BCUT2D eigenvalue weighted by molar-refractivity contribution is 9.10. The maximum absolute atomic E-state index is 13.3. The van der Waals surface area contributed by atoms with Crippen LogP contribution in [-0.4, -0.2) is 15.7 Å². The molecule has 0 saturated carbocycles. The Morgan fingerprint density at radius 2 is 1.62 bits per heavy atom. The van der Waals surface area contributed by atoms with Gasteiger partial charge in [-0.3, -0.25) is 9.48 Å². The van der Waals surface area contributed by atoms with Crippen molar-refractivity contribution in [1.29, 1.82) is 0 Å². The van der Waals surface area contributed by atoms with Crippen LogP contribution in [0.4, 0.5) is 27.6 Å². The summed E-state index contributed by atoms with van der Waals surface area (Å²) in [4.78, 5) is 11.5. The summed E-state index contributed by atoms with van der Waals surface area (Å²) in [5.41, 5.74) is -1.40. The smallest absolute Gasteiger partial charge is 0.246 e. The van der Waals surface area contributed by atoms with Crippen molar-refractivity contribution in [2.24, 2.45) is 0 Å². The second-order valence-corrected chi connectivity index (χ2v) is 4.76. The minimum Gasteiger partial charge on any atom is -0.319 e. The molecule has 10 heteroatoms. The van der Waals surface area contributed by atoms with Gasteiger partial charge in [-0.05, 0) is 15.9 Å². The zero-order valence-corrected chi connectivity index (χ0v) is 11.5. The minimum absolute atomic E-state index is 0.467. The zero-order valence-electron chi connectivity index (χ0n) is 9.93. The topological polar surface area (TPSA) is 46.9 Å². The predicted octanol–water partition coefficient (Wildman–Crippen LogP) is 2.98. The zero-order chi connectivity index (χ0) is 15.7. The van der Waals surface area contributed by atoms with Crippen LogP contribution in [0.15, 0.2) is 16.9 Å². The second kappa shape index (κ2) is 5.80. The van der Waals surface area contributed by atoms with Gasteiger partial charge in [0.15, 0.2) is 23.3 Å². The molecule has 2 rings (SSSR count). The highest BCUT2D eigenvalue weighted by Crippen LogP contribution is 2.27. The number of benzene rings is 1. The van der Waals surface area contributed by atoms with Gasteiger partial charge >= 0.3 is 0 Å². The minimum atomic E-state index is -2.29. The molecule has 4 nitrogen and oxygen atoms in total. The van der Waals surface area contributed by atoms with Gasteiger partial charge in [0.05, 0.1) is 10.7 Å². The lowest BCUT2D eigenvalue weighted by atomic mass is 10.2. The average molecular weight is 370 g/mol. The summed E-state index contributed by atoms with van der Waals surface area (Å²) >= 11 is 3.06. The van der Waals surface area contributed by atoms with E-state index in [1.165, 1.54) is 12.4 Å². The Hall–Kier alpha value is -1.97. The number of rotatable bonds is 3. The fourth-order valence-corrected chi connectivity index (χ4v) is 1.79. The van der Waals surface area contributed by atoms with Crippen LogP contribution >= 0.6 is 15.9 Å². The first-order chi connectivity index (χ1) is 9.81. The van der Waals surface area contributed by atoms with Crippen molar-refractivity contribution in [2.45, 2.75) is 6.54 Å². The third kappa shape index (κ3) is 3.04. The molecule has 1 aromatic heterocycles. The van der Waals surface area contributed by atoms with Crippen molar-refractivity contribution < 1.29 is 26.7 Å². The highest BCUT2D eigenvalue weighted by Gasteiger charge is 2.26. The molecule has 0 aliphatic heterocycles. The van der Waals surface area contributed by atoms with Crippen LogP contribution in [0.1, 0.15) is 0 Å². The van der Waals surface area contributed by atoms with Crippen LogP contribution in [0.5, 0.6) is 0 Å². The SMILES string of the molecule is O=C(Cn1cc(Br)cn1)Nc1c(F)c(F)c(F)c(F)c1F. The van der Waals surface area contributed by atoms with Gasteiger partial charge in [0, 0.05) is 6.20 Å². The molecule has 0 aliphatic rings. The molecule has 0 bridgehead atoms. The van der Waals surface area contributed by atoms with Crippen LogP contribution in [-0.2, 0) is 11.3 Å². The van der Waals surface area contributed by atoms with Gasteiger partial charge in [0.25, 0.3) is 0 Å². The highest BCUT2D eigenvalue weighted by atomic mass is 79.9. The lowest BCUT2D eigenvalue weighted by Gasteiger charge is -2.09. The number of hydrogen-bond acceptors (Lipinski definition) is 2. The second-order valence-electron chi connectivity index (χ2n) is 3.85. The van der Waals surface area contributed by atoms with Gasteiger partial charge in [-0.15, -0.1) is 0 Å². The maximum Gasteiger partial charge on any atom is 0.246 e. The van der Waals surface area contributed by atoms with Crippen molar-refractivity contribution in [2.75, 3.05) is 5.32 Å². The molecule has 1 heterocycles. The number of hydrogen-bond donors (Lipinski definition) is 1. The van der Waals surface area contributed by atoms with E-state index >= 15 is 0 Å². The number of halogens is 6. The summed E-state index contributed by atoms with van der Waals surface area (Å²) in [7, 11) is 0. The van der Waals surface area contributed by atoms with Crippen LogP contribution in [0.2, 0.25) is 0 Å². The average Bonchev–Trinajstić information content (AvgIpc) is 2.84. The van der Waals surface area contributed by atoms with E-state index in [9.17, 15) is 26.7 Å². The Morgan fingerprint density at radius 3 is 2.10 bits per heavy atom. The summed E-state index contributed by atoms with van der Waals surface area (Å²) in [6.07, 6.45) is 2.74. The van der Waals surface area contributed by atoms with E-state index in [0.29, 0.717) is 4.47 Å². The molecule has 0 unspecified atom stereocenters. The molecule has 1 amide bonds. The van der Waals surface area contributed by atoms with Crippen LogP contribution in [0.3, 0.4) is 0 Å². The molecule has 21 heavy (non-hydrogen) atoms. The fraction of sp³-hybridized carbons (Fsp3) is 0.0909. The molecular weight excluding hydrogens is 365 g/mol. The Bertz CT molecular complexity index is 689. The lowest BCUT2D eigenvalue weighted by Crippen LogP contribution is -2.21. The molecule has 1 aromatic carbocycles. The molecule has 112 valence electrons. The van der Waals surface area contributed by atoms with Crippen LogP contribution in [0.25, 0.3) is 0 Å². The largest absolute Gasteiger partial charge is 0.319 e. The van der Waals surface area contributed by atoms with Crippen LogP contribution < -0.4 is 5.32 Å². The summed E-state index contributed by atoms with van der Waals surface area (Å²) < 4.78 is 67.1. The first-order valence-corrected chi connectivity index (χ1v) is 6.09. The van der Waals surface area contributed by atoms with E-state index in [0.717, 1.165) is 4.68 Å². The molecule has 1 N–H and O–H groups in total. The normalized spacial score (nSPS) is 10.8. The fourth-order valence-electron chi connectivity index (χ4n) is 1.47. The monoisotopic (exact) mass is 369 g/mol. The number of carbonyl (C=O) groups excluding carboxylic acids is 1. The molecule has 0 radical (unpaired) electrons. The van der Waals surface area contributed by atoms with Gasteiger partial charge in [0.2, 0.25) is 11.7 Å². The number of aromatic nitrogens is 2. The molecule has 0 atom stereocenters. The molecular formula is C11H5BrF5N3O. The standard InChI is InChI=1S/C11H5BrF5N3O/c12-4-1-18-20(2-4)3-5(21)19-11-9(16)7(14)6(13)8(15)10(11)17/h1-2H,3H2,(H,19,21). The molecule has 2 aromatic rings. The van der Waals surface area contributed by atoms with Crippen molar-refractivity contribution >= 4 is 27.5 Å². The van der Waals surface area contributed by atoms with Crippen molar-refractivity contribution in [3.63, 3.8) is 0 Å². The first-order valence-electron chi connectivity index (χ1n) is 5.30. The summed E-state index contributed by atoms with van der Waals surface area (Å²) in [5.74, 6) is -11.8. The number of amides is 1. The third-order valence-electron chi connectivity index (χ3n) is 2.38. The number of nitrogens with zero attached hydrogens (tertiary/aromatic N) is 2. The van der Waals surface area contributed by atoms with E-state index in [4.69, 9.17) is 0 Å². The molecule has 0 spiro atoms. The van der Waals surface area contributed by atoms with E-state index in [2.05, 4.69) is 21.0 Å². The Morgan fingerprint density at radius 1 is 1.10 bits per heavy atom. The first kappa shape index (κ1) is 15.4. The summed E-state index contributed by atoms with van der Waals surface area (Å²) in [6.45, 7) is -0.467. The van der Waals surface area contributed by atoms with Gasteiger partial charge in [-0.2, -0.15) is 5.10 Å². The number of carbonyl (C=O) groups is 1. The summed E-state index contributed by atoms with van der Waals surface area (Å²) in [5, 5.41) is 5.34. The van der Waals surface area contributed by atoms with Crippen molar-refractivity contribution in [3.8, 4) is 0 Å². The number of nitrogens with one attached hydrogen (secondary N) is 1. The van der Waals surface area contributed by atoms with E-state index < -0.39 is 47.2 Å². The van der Waals surface area contributed by atoms with Gasteiger partial charge < -0.3 is 5.32 Å². The quantitative estimate of drug-likeness (QED) is 0.513. The lowest BCUT2D eigenvalue weighted by molar-refractivity contribution is -0.117. The Kier molecular flexibility index (Phi) is 4.26. The molecule has 0 aliphatic carbocycles. The van der Waals surface area contributed by atoms with E-state index in [1.807, 2.05) is 0 Å². The van der Waals surface area contributed by atoms with Crippen LogP contribution in [0, 0.1) is 29.1 Å². The maximum atomic E-state index is 13.3. The van der Waals surface area contributed by atoms with Gasteiger partial charge in [0.1, 0.15) is 12.2 Å². The Labute approximate surface area is 122 Å².